The molecule has 4 aromatic carbocycles. The van der Waals surface area contributed by atoms with Crippen molar-refractivity contribution in [1.82, 2.24) is 15.2 Å². The maximum atomic E-state index is 13.7. The highest BCUT2D eigenvalue weighted by molar-refractivity contribution is 6.10. The standard InChI is InChI=1S/C39H37F3N4O3/c1-4-5-11-24-45(2)38(49)35(27-12-7-6-8-13-27)44-36(47)29-18-22-33-28(25-29)19-23-34(43-33)46(3)37(48)32-15-10-9-14-31(32)26-16-20-30(21-17-26)39(40,41)42/h6-10,12-23,25,35H,4-5,11,24H2,1-3H3,(H,44,47)/t35-/m0/s1. The Morgan fingerprint density at radius 3 is 2.20 bits per heavy atom. The summed E-state index contributed by atoms with van der Waals surface area (Å²) < 4.78 is 39.3. The molecule has 0 aliphatic heterocycles. The molecule has 0 unspecified atom stereocenters. The van der Waals surface area contributed by atoms with E-state index in [1.165, 1.54) is 17.0 Å². The van der Waals surface area contributed by atoms with Crippen molar-refractivity contribution in [1.29, 1.82) is 0 Å². The highest BCUT2D eigenvalue weighted by Gasteiger charge is 2.30. The first-order valence-electron chi connectivity index (χ1n) is 16.0. The molecule has 7 nitrogen and oxygen atoms in total. The smallest absolute Gasteiger partial charge is 0.344 e. The number of carbonyl (C=O) groups excluding carboxylic acids is 3. The van der Waals surface area contributed by atoms with E-state index in [1.54, 1.807) is 73.6 Å². The van der Waals surface area contributed by atoms with Crippen molar-refractivity contribution < 1.29 is 27.6 Å². The van der Waals surface area contributed by atoms with E-state index in [0.717, 1.165) is 31.4 Å². The second-order valence-corrected chi connectivity index (χ2v) is 11.8. The van der Waals surface area contributed by atoms with Crippen molar-refractivity contribution in [2.75, 3.05) is 25.5 Å². The van der Waals surface area contributed by atoms with Gasteiger partial charge in [-0.05, 0) is 71.6 Å². The third kappa shape index (κ3) is 8.14. The van der Waals surface area contributed by atoms with E-state index in [-0.39, 0.29) is 5.91 Å². The van der Waals surface area contributed by atoms with Crippen LogP contribution in [0.25, 0.3) is 22.0 Å². The third-order valence-electron chi connectivity index (χ3n) is 8.39. The molecular formula is C39H37F3N4O3. The van der Waals surface area contributed by atoms with Gasteiger partial charge in [0.25, 0.3) is 11.8 Å². The van der Waals surface area contributed by atoms with Crippen molar-refractivity contribution in [2.45, 2.75) is 38.4 Å². The van der Waals surface area contributed by atoms with Gasteiger partial charge in [0.05, 0.1) is 11.1 Å². The summed E-state index contributed by atoms with van der Waals surface area (Å²) >= 11 is 0. The summed E-state index contributed by atoms with van der Waals surface area (Å²) in [5, 5.41) is 3.57. The minimum atomic E-state index is -4.46. The number of fused-ring (bicyclic) bond motifs is 1. The highest BCUT2D eigenvalue weighted by atomic mass is 19.4. The number of unbranched alkanes of at least 4 members (excludes halogenated alkanes) is 2. The summed E-state index contributed by atoms with van der Waals surface area (Å²) in [6.45, 7) is 2.69. The average molecular weight is 667 g/mol. The van der Waals surface area contributed by atoms with Crippen LogP contribution in [-0.4, -0.2) is 48.2 Å². The molecule has 0 aliphatic rings. The van der Waals surface area contributed by atoms with Gasteiger partial charge in [-0.2, -0.15) is 13.2 Å². The fourth-order valence-electron chi connectivity index (χ4n) is 5.56. The van der Waals surface area contributed by atoms with Crippen LogP contribution in [0.5, 0.6) is 0 Å². The van der Waals surface area contributed by atoms with Crippen molar-refractivity contribution in [3.63, 3.8) is 0 Å². The molecule has 5 rings (SSSR count). The molecule has 49 heavy (non-hydrogen) atoms. The number of nitrogens with zero attached hydrogens (tertiary/aromatic N) is 3. The minimum absolute atomic E-state index is 0.199. The van der Waals surface area contributed by atoms with E-state index < -0.39 is 29.6 Å². The first kappa shape index (κ1) is 34.8. The molecular weight excluding hydrogens is 629 g/mol. The second-order valence-electron chi connectivity index (χ2n) is 11.8. The summed E-state index contributed by atoms with van der Waals surface area (Å²) in [7, 11) is 3.32. The van der Waals surface area contributed by atoms with Gasteiger partial charge in [-0.15, -0.1) is 0 Å². The Hall–Kier alpha value is -5.51. The Balaban J connectivity index is 1.35. The number of amides is 3. The molecule has 1 N–H and O–H groups in total. The molecule has 0 spiro atoms. The molecule has 0 radical (unpaired) electrons. The van der Waals surface area contributed by atoms with Crippen LogP contribution in [0.3, 0.4) is 0 Å². The monoisotopic (exact) mass is 666 g/mol. The molecule has 0 bridgehead atoms. The van der Waals surface area contributed by atoms with Crippen LogP contribution < -0.4 is 10.2 Å². The van der Waals surface area contributed by atoms with E-state index in [4.69, 9.17) is 0 Å². The van der Waals surface area contributed by atoms with E-state index in [9.17, 15) is 27.6 Å². The molecule has 0 aliphatic carbocycles. The Morgan fingerprint density at radius 2 is 1.51 bits per heavy atom. The molecule has 10 heteroatoms. The van der Waals surface area contributed by atoms with Crippen LogP contribution in [0.2, 0.25) is 0 Å². The normalized spacial score (nSPS) is 12.0. The van der Waals surface area contributed by atoms with Gasteiger partial charge in [0.2, 0.25) is 5.91 Å². The van der Waals surface area contributed by atoms with Crippen LogP contribution in [-0.2, 0) is 11.0 Å². The lowest BCUT2D eigenvalue weighted by molar-refractivity contribution is -0.137. The molecule has 5 aromatic rings. The lowest BCUT2D eigenvalue weighted by atomic mass is 9.98. The number of likely N-dealkylation sites (N-methyl/N-ethyl adjacent to an activating group) is 1. The fourth-order valence-corrected chi connectivity index (χ4v) is 5.56. The SMILES string of the molecule is CCCCCN(C)C(=O)[C@@H](NC(=O)c1ccc2nc(N(C)C(=O)c3ccccc3-c3ccc(C(F)(F)F)cc3)ccc2c1)c1ccccc1. The van der Waals surface area contributed by atoms with Crippen LogP contribution in [0, 0.1) is 0 Å². The van der Waals surface area contributed by atoms with Gasteiger partial charge < -0.3 is 10.2 Å². The first-order chi connectivity index (χ1) is 23.5. The number of hydrogen-bond donors (Lipinski definition) is 1. The Kier molecular flexibility index (Phi) is 10.8. The summed E-state index contributed by atoms with van der Waals surface area (Å²) in [6.07, 6.45) is -1.55. The number of aromatic nitrogens is 1. The minimum Gasteiger partial charge on any atom is -0.344 e. The van der Waals surface area contributed by atoms with Crippen molar-refractivity contribution in [2.24, 2.45) is 0 Å². The van der Waals surface area contributed by atoms with Crippen LogP contribution >= 0.6 is 0 Å². The van der Waals surface area contributed by atoms with Crippen molar-refractivity contribution in [3.8, 4) is 11.1 Å². The van der Waals surface area contributed by atoms with Crippen LogP contribution in [0.15, 0.2) is 109 Å². The zero-order valence-corrected chi connectivity index (χ0v) is 27.5. The summed E-state index contributed by atoms with van der Waals surface area (Å²) in [5.41, 5.74) is 2.06. The second kappa shape index (κ2) is 15.1. The van der Waals surface area contributed by atoms with Gasteiger partial charge in [-0.1, -0.05) is 80.4 Å². The topological polar surface area (TPSA) is 82.6 Å². The van der Waals surface area contributed by atoms with E-state index in [0.29, 0.717) is 51.1 Å². The molecule has 0 saturated heterocycles. The number of benzene rings is 4. The maximum Gasteiger partial charge on any atom is 0.416 e. The first-order valence-corrected chi connectivity index (χ1v) is 16.0. The van der Waals surface area contributed by atoms with Gasteiger partial charge in [0.15, 0.2) is 0 Å². The number of anilines is 1. The molecule has 0 fully saturated rings. The zero-order chi connectivity index (χ0) is 35.1. The average Bonchev–Trinajstić information content (AvgIpc) is 3.12. The molecule has 0 saturated carbocycles. The maximum absolute atomic E-state index is 13.7. The van der Waals surface area contributed by atoms with Gasteiger partial charge >= 0.3 is 6.18 Å². The van der Waals surface area contributed by atoms with Crippen LogP contribution in [0.1, 0.15) is 64.1 Å². The van der Waals surface area contributed by atoms with Gasteiger partial charge in [0, 0.05) is 37.2 Å². The predicted octanol–water partition coefficient (Wildman–Crippen LogP) is 8.32. The lowest BCUT2D eigenvalue weighted by Gasteiger charge is -2.25. The number of rotatable bonds is 11. The quantitative estimate of drug-likeness (QED) is 0.144. The molecule has 1 aromatic heterocycles. The van der Waals surface area contributed by atoms with Crippen molar-refractivity contribution in [3.05, 3.63) is 131 Å². The number of carbonyl (C=O) groups is 3. The molecule has 252 valence electrons. The molecule has 3 amide bonds. The van der Waals surface area contributed by atoms with Crippen molar-refractivity contribution >= 4 is 34.4 Å². The van der Waals surface area contributed by atoms with E-state index in [1.807, 2.05) is 30.3 Å². The fraction of sp³-hybridized carbons (Fsp3) is 0.231. The van der Waals surface area contributed by atoms with Gasteiger partial charge in [0.1, 0.15) is 11.9 Å². The summed E-state index contributed by atoms with van der Waals surface area (Å²) in [4.78, 5) is 48.3. The Morgan fingerprint density at radius 1 is 0.816 bits per heavy atom. The number of halogens is 3. The summed E-state index contributed by atoms with van der Waals surface area (Å²) in [6, 6.07) is 28.1. The molecule has 1 heterocycles. The summed E-state index contributed by atoms with van der Waals surface area (Å²) in [5.74, 6) is -0.662. The number of pyridine rings is 1. The zero-order valence-electron chi connectivity index (χ0n) is 27.5. The Labute approximate surface area is 283 Å². The largest absolute Gasteiger partial charge is 0.416 e. The number of alkyl halides is 3. The Bertz CT molecular complexity index is 1950. The molecule has 1 atom stereocenters. The van der Waals surface area contributed by atoms with Gasteiger partial charge in [-0.3, -0.25) is 19.3 Å². The van der Waals surface area contributed by atoms with Crippen LogP contribution in [0.4, 0.5) is 19.0 Å². The predicted molar refractivity (Wildman–Crippen MR) is 185 cm³/mol. The lowest BCUT2D eigenvalue weighted by Crippen LogP contribution is -2.41. The van der Waals surface area contributed by atoms with E-state index in [2.05, 4.69) is 17.2 Å². The number of hydrogen-bond acceptors (Lipinski definition) is 4. The van der Waals surface area contributed by atoms with E-state index >= 15 is 0 Å². The highest BCUT2D eigenvalue weighted by Crippen LogP contribution is 2.32. The third-order valence-corrected chi connectivity index (χ3v) is 8.39. The number of nitrogens with one attached hydrogen (secondary N) is 1. The van der Waals surface area contributed by atoms with Gasteiger partial charge in [-0.25, -0.2) is 4.98 Å².